The van der Waals surface area contributed by atoms with Gasteiger partial charge in [0, 0.05) is 104 Å². The molecule has 2 aromatic heterocycles. The highest BCUT2D eigenvalue weighted by Crippen LogP contribution is 2.28. The van der Waals surface area contributed by atoms with E-state index in [1.54, 1.807) is 53.0 Å². The molecular formula is C47H60N8O8S4. The molecule has 0 saturated carbocycles. The van der Waals surface area contributed by atoms with E-state index in [9.17, 15) is 27.0 Å². The summed E-state index contributed by atoms with van der Waals surface area (Å²) in [6, 6.07) is 26.0. The SMILES string of the molecule is Cc1ccc(S(=O)(=O)N(CCN2CCN(CC(O)COc3ccc4sc(C)nc4c3)CC2)N(CCN2CCN(CC(O)COc3ccc4sc(C)nc4c3)CC2)S(=O)(=O)c2ccccc2)cc1. The summed E-state index contributed by atoms with van der Waals surface area (Å²) in [6.07, 6.45) is -1.44. The number of thiazole rings is 2. The molecule has 2 saturated heterocycles. The smallest absolute Gasteiger partial charge is 0.256 e. The number of ether oxygens (including phenoxy) is 2. The van der Waals surface area contributed by atoms with E-state index in [4.69, 9.17) is 9.47 Å². The summed E-state index contributed by atoms with van der Waals surface area (Å²) < 4.78 is 74.9. The van der Waals surface area contributed by atoms with Crippen molar-refractivity contribution in [2.24, 2.45) is 0 Å². The lowest BCUT2D eigenvalue weighted by molar-refractivity contribution is 0.0380. The molecule has 6 aromatic rings. The van der Waals surface area contributed by atoms with Crippen molar-refractivity contribution in [1.82, 2.24) is 38.4 Å². The molecule has 2 fully saturated rings. The first kappa shape index (κ1) is 49.3. The predicted octanol–water partition coefficient (Wildman–Crippen LogP) is 4.54. The molecule has 67 heavy (non-hydrogen) atoms. The molecule has 4 aromatic carbocycles. The van der Waals surface area contributed by atoms with Crippen molar-refractivity contribution >= 4 is 63.2 Å². The van der Waals surface area contributed by atoms with Crippen molar-refractivity contribution in [3.05, 3.63) is 107 Å². The number of aryl methyl sites for hydroxylation is 3. The fourth-order valence-electron chi connectivity index (χ4n) is 8.40. The first-order valence-corrected chi connectivity index (χ1v) is 27.1. The number of aromatic nitrogens is 2. The van der Waals surface area contributed by atoms with Gasteiger partial charge >= 0.3 is 0 Å². The zero-order valence-electron chi connectivity index (χ0n) is 38.2. The Bertz CT molecular complexity index is 2780. The minimum Gasteiger partial charge on any atom is -0.491 e. The molecule has 2 unspecified atom stereocenters. The molecule has 0 spiro atoms. The van der Waals surface area contributed by atoms with Gasteiger partial charge in [0.25, 0.3) is 20.0 Å². The van der Waals surface area contributed by atoms with Gasteiger partial charge in [0.2, 0.25) is 0 Å². The Labute approximate surface area is 401 Å². The Balaban J connectivity index is 0.890. The fraction of sp³-hybridized carbons (Fsp3) is 0.447. The molecule has 8 rings (SSSR count). The van der Waals surface area contributed by atoms with Crippen LogP contribution < -0.4 is 9.47 Å². The van der Waals surface area contributed by atoms with Gasteiger partial charge in [0.05, 0.1) is 40.2 Å². The second kappa shape index (κ2) is 22.1. The van der Waals surface area contributed by atoms with Crippen LogP contribution in [0.1, 0.15) is 15.6 Å². The van der Waals surface area contributed by atoms with Gasteiger partial charge in [-0.15, -0.1) is 31.5 Å². The lowest BCUT2D eigenvalue weighted by atomic mass is 10.2. The highest BCUT2D eigenvalue weighted by Gasteiger charge is 2.39. The Morgan fingerprint density at radius 2 is 0.970 bits per heavy atom. The van der Waals surface area contributed by atoms with Crippen LogP contribution in [-0.2, 0) is 20.0 Å². The number of benzene rings is 4. The molecule has 0 aliphatic carbocycles. The average molecular weight is 993 g/mol. The lowest BCUT2D eigenvalue weighted by Gasteiger charge is -2.39. The summed E-state index contributed by atoms with van der Waals surface area (Å²) in [6.45, 7) is 12.2. The lowest BCUT2D eigenvalue weighted by Crippen LogP contribution is -2.56. The van der Waals surface area contributed by atoms with E-state index in [-0.39, 0.29) is 49.2 Å². The van der Waals surface area contributed by atoms with Crippen molar-refractivity contribution in [2.75, 3.05) is 105 Å². The van der Waals surface area contributed by atoms with Gasteiger partial charge in [-0.2, -0.15) is 0 Å². The Kier molecular flexibility index (Phi) is 16.2. The summed E-state index contributed by atoms with van der Waals surface area (Å²) in [5, 5.41) is 23.7. The average Bonchev–Trinajstić information content (AvgIpc) is 3.89. The number of aliphatic hydroxyl groups is 2. The number of β-amino-alcohol motifs (C(OH)–C–C–N with tert-alkyl or cyclic N) is 2. The summed E-state index contributed by atoms with van der Waals surface area (Å²) in [5.41, 5.74) is 2.63. The quantitative estimate of drug-likeness (QED) is 0.0964. The van der Waals surface area contributed by atoms with E-state index in [0.29, 0.717) is 76.9 Å². The minimum absolute atomic E-state index is 0.00307. The van der Waals surface area contributed by atoms with Crippen LogP contribution in [0.4, 0.5) is 0 Å². The number of rotatable bonds is 21. The highest BCUT2D eigenvalue weighted by molar-refractivity contribution is 7.92. The minimum atomic E-state index is -4.36. The molecule has 2 N–H and O–H groups in total. The van der Waals surface area contributed by atoms with Crippen LogP contribution in [0.3, 0.4) is 0 Å². The number of hydrazine groups is 1. The molecule has 0 bridgehead atoms. The third-order valence-electron chi connectivity index (χ3n) is 12.1. The van der Waals surface area contributed by atoms with Gasteiger partial charge < -0.3 is 19.7 Å². The molecule has 20 heteroatoms. The standard InChI is InChI=1S/C47H60N8O8S4/c1-35-9-13-43(14-10-35)67(60,61)55(28-26-51-19-23-53(24-20-51)32-39(57)34-63-41-12-16-47-45(30-41)49-37(3)65-47)54(66(58,59)42-7-5-4-6-8-42)27-25-50-17-21-52(22-18-50)31-38(56)33-62-40-11-15-46-44(29-40)48-36(2)64-46/h4-16,29-30,38-39,56-57H,17-28,31-34H2,1-3H3. The van der Waals surface area contributed by atoms with Crippen LogP contribution in [0.5, 0.6) is 11.5 Å². The maximum absolute atomic E-state index is 14.7. The normalized spacial score (nSPS) is 17.2. The molecule has 0 amide bonds. The molecule has 360 valence electrons. The first-order valence-electron chi connectivity index (χ1n) is 22.6. The molecule has 2 aliphatic rings. The largest absolute Gasteiger partial charge is 0.491 e. The molecular weight excluding hydrogens is 933 g/mol. The zero-order chi connectivity index (χ0) is 47.1. The summed E-state index contributed by atoms with van der Waals surface area (Å²) in [7, 11) is -8.72. The first-order chi connectivity index (χ1) is 32.2. The molecule has 4 heterocycles. The van der Waals surface area contributed by atoms with E-state index in [2.05, 4.69) is 29.6 Å². The van der Waals surface area contributed by atoms with E-state index in [1.165, 1.54) is 24.3 Å². The summed E-state index contributed by atoms with van der Waals surface area (Å²) >= 11 is 3.25. The van der Waals surface area contributed by atoms with Gasteiger partial charge in [-0.25, -0.2) is 26.8 Å². The topological polar surface area (TPSA) is 172 Å². The van der Waals surface area contributed by atoms with Gasteiger partial charge in [0.15, 0.2) is 0 Å². The third kappa shape index (κ3) is 12.7. The summed E-state index contributed by atoms with van der Waals surface area (Å²) in [5.74, 6) is 1.31. The second-order valence-electron chi connectivity index (χ2n) is 17.2. The third-order valence-corrected chi connectivity index (χ3v) is 17.7. The van der Waals surface area contributed by atoms with E-state index >= 15 is 0 Å². The van der Waals surface area contributed by atoms with Crippen molar-refractivity contribution in [3.8, 4) is 11.5 Å². The van der Waals surface area contributed by atoms with Crippen molar-refractivity contribution in [1.29, 1.82) is 0 Å². The van der Waals surface area contributed by atoms with Crippen LogP contribution >= 0.6 is 22.7 Å². The van der Waals surface area contributed by atoms with E-state index in [0.717, 1.165) is 44.8 Å². The number of hydrogen-bond acceptors (Lipinski definition) is 16. The molecule has 16 nitrogen and oxygen atoms in total. The Hall–Kier alpha value is -4.16. The maximum Gasteiger partial charge on any atom is 0.256 e. The van der Waals surface area contributed by atoms with Crippen LogP contribution in [-0.4, -0.2) is 182 Å². The number of aliphatic hydroxyl groups excluding tert-OH is 2. The molecule has 2 atom stereocenters. The van der Waals surface area contributed by atoms with Gasteiger partial charge in [-0.05, 0) is 69.3 Å². The highest BCUT2D eigenvalue weighted by atomic mass is 32.2. The van der Waals surface area contributed by atoms with E-state index < -0.39 is 32.3 Å². The second-order valence-corrected chi connectivity index (χ2v) is 23.3. The Morgan fingerprint density at radius 3 is 1.40 bits per heavy atom. The van der Waals surface area contributed by atoms with Crippen molar-refractivity contribution in [2.45, 2.75) is 42.8 Å². The predicted molar refractivity (Wildman–Crippen MR) is 263 cm³/mol. The van der Waals surface area contributed by atoms with Crippen LogP contribution in [0.25, 0.3) is 20.4 Å². The Morgan fingerprint density at radius 1 is 0.567 bits per heavy atom. The van der Waals surface area contributed by atoms with Crippen LogP contribution in [0.15, 0.2) is 101 Å². The van der Waals surface area contributed by atoms with Crippen LogP contribution in [0.2, 0.25) is 0 Å². The van der Waals surface area contributed by atoms with Crippen LogP contribution in [0, 0.1) is 20.8 Å². The number of sulfonamides is 2. The number of nitrogens with zero attached hydrogens (tertiary/aromatic N) is 8. The number of fused-ring (bicyclic) bond motifs is 2. The van der Waals surface area contributed by atoms with Gasteiger partial charge in [-0.1, -0.05) is 35.9 Å². The maximum atomic E-state index is 14.7. The van der Waals surface area contributed by atoms with Crippen molar-refractivity contribution in [3.63, 3.8) is 0 Å². The van der Waals surface area contributed by atoms with Crippen molar-refractivity contribution < 1.29 is 36.5 Å². The molecule has 0 radical (unpaired) electrons. The summed E-state index contributed by atoms with van der Waals surface area (Å²) in [4.78, 5) is 17.6. The van der Waals surface area contributed by atoms with Gasteiger partial charge in [0.1, 0.15) is 36.9 Å². The molecule has 2 aliphatic heterocycles. The monoisotopic (exact) mass is 992 g/mol. The van der Waals surface area contributed by atoms with Gasteiger partial charge in [-0.3, -0.25) is 19.6 Å². The fourth-order valence-corrected chi connectivity index (χ4v) is 13.3. The number of hydrogen-bond donors (Lipinski definition) is 2. The van der Waals surface area contributed by atoms with E-state index in [1.807, 2.05) is 57.2 Å². The zero-order valence-corrected chi connectivity index (χ0v) is 41.4. The number of piperazine rings is 2.